The highest BCUT2D eigenvalue weighted by Crippen LogP contribution is 2.55. The van der Waals surface area contributed by atoms with Crippen LogP contribution in [0.25, 0.3) is 0 Å². The van der Waals surface area contributed by atoms with Crippen LogP contribution in [0, 0.1) is 0 Å². The van der Waals surface area contributed by atoms with Crippen molar-refractivity contribution in [2.24, 2.45) is 0 Å². The highest BCUT2D eigenvalue weighted by molar-refractivity contribution is 7.48. The number of carbonyl (C=O) groups excluding carboxylic acids is 2. The van der Waals surface area contributed by atoms with E-state index in [1.54, 1.807) is 46.4 Å². The van der Waals surface area contributed by atoms with Crippen molar-refractivity contribution in [3.8, 4) is 0 Å². The number of phosphoric acid groups is 1. The molecule has 1 aromatic carbocycles. The molecule has 0 saturated carbocycles. The topological polar surface area (TPSA) is 91.4 Å². The summed E-state index contributed by atoms with van der Waals surface area (Å²) in [7, 11) is -2.37. The monoisotopic (exact) mass is 483 g/mol. The minimum absolute atomic E-state index is 0.0366. The van der Waals surface area contributed by atoms with Gasteiger partial charge in [0.1, 0.15) is 0 Å². The number of phosphoric ester groups is 1. The summed E-state index contributed by atoms with van der Waals surface area (Å²) < 4.78 is 34.5. The molecule has 2 rings (SSSR count). The molecule has 9 heteroatoms. The van der Waals surface area contributed by atoms with Crippen molar-refractivity contribution in [3.63, 3.8) is 0 Å². The summed E-state index contributed by atoms with van der Waals surface area (Å²) in [6.45, 7) is 11.5. The van der Waals surface area contributed by atoms with Gasteiger partial charge in [-0.2, -0.15) is 0 Å². The number of anilines is 1. The van der Waals surface area contributed by atoms with Gasteiger partial charge in [-0.25, -0.2) is 4.57 Å². The number of methoxy groups -OCH3 is 1. The lowest BCUT2D eigenvalue weighted by molar-refractivity contribution is -0.139. The van der Waals surface area contributed by atoms with E-state index in [9.17, 15) is 14.2 Å². The normalized spacial score (nSPS) is 14.3. The standard InChI is InChI=1S/C24H38NO7P/c1-23(2,3)31-33(28,32-24(4,5)6)30-15-9-8-10-21(26)25-14-13-19-16-18(11-12-20(19)25)17-22(27)29-7/h11-12,16H,8-10,13-15,17H2,1-7H3. The molecule has 1 aromatic rings. The van der Waals surface area contributed by atoms with Gasteiger partial charge in [-0.3, -0.25) is 23.2 Å². The van der Waals surface area contributed by atoms with E-state index in [0.717, 1.165) is 23.2 Å². The number of rotatable bonds is 10. The molecule has 1 aliphatic rings. The molecule has 8 nitrogen and oxygen atoms in total. The Bertz CT molecular complexity index is 866. The van der Waals surface area contributed by atoms with Crippen LogP contribution in [0.5, 0.6) is 0 Å². The first-order valence-corrected chi connectivity index (χ1v) is 12.8. The Labute approximate surface area is 197 Å². The SMILES string of the molecule is COC(=O)Cc1ccc2c(c1)CCN2C(=O)CCCCOP(=O)(OC(C)(C)C)OC(C)(C)C. The number of hydrogen-bond acceptors (Lipinski definition) is 7. The maximum absolute atomic E-state index is 13.0. The number of esters is 1. The van der Waals surface area contributed by atoms with E-state index >= 15 is 0 Å². The predicted octanol–water partition coefficient (Wildman–Crippen LogP) is 5.22. The lowest BCUT2D eigenvalue weighted by Gasteiger charge is -2.30. The molecule has 0 aromatic heterocycles. The van der Waals surface area contributed by atoms with Crippen molar-refractivity contribution in [2.75, 3.05) is 25.2 Å². The Hall–Kier alpha value is -1.73. The van der Waals surface area contributed by atoms with E-state index < -0.39 is 19.0 Å². The zero-order chi connectivity index (χ0) is 24.9. The molecule has 0 saturated heterocycles. The van der Waals surface area contributed by atoms with Gasteiger partial charge in [-0.15, -0.1) is 0 Å². The number of nitrogens with zero attached hydrogens (tertiary/aromatic N) is 1. The summed E-state index contributed by atoms with van der Waals surface area (Å²) in [5.74, 6) is -0.247. The van der Waals surface area contributed by atoms with Gasteiger partial charge in [0.15, 0.2) is 0 Å². The summed E-state index contributed by atoms with van der Waals surface area (Å²) in [6.07, 6.45) is 2.49. The second kappa shape index (κ2) is 11.1. The quantitative estimate of drug-likeness (QED) is 0.256. The number of hydrogen-bond donors (Lipinski definition) is 0. The maximum Gasteiger partial charge on any atom is 0.475 e. The fraction of sp³-hybridized carbons (Fsp3) is 0.667. The average Bonchev–Trinajstić information content (AvgIpc) is 3.07. The van der Waals surface area contributed by atoms with Crippen LogP contribution in [0.3, 0.4) is 0 Å². The Morgan fingerprint density at radius 1 is 1.03 bits per heavy atom. The molecule has 0 N–H and O–H groups in total. The van der Waals surface area contributed by atoms with Crippen molar-refractivity contribution in [3.05, 3.63) is 29.3 Å². The number of unbranched alkanes of at least 4 members (excludes halogenated alkanes) is 1. The Kier molecular flexibility index (Phi) is 9.28. The molecule has 0 fully saturated rings. The summed E-state index contributed by atoms with van der Waals surface area (Å²) in [6, 6.07) is 5.72. The van der Waals surface area contributed by atoms with Gasteiger partial charge in [0.05, 0.1) is 31.3 Å². The van der Waals surface area contributed by atoms with Crippen LogP contribution in [0.1, 0.15) is 71.9 Å². The lowest BCUT2D eigenvalue weighted by Crippen LogP contribution is -2.28. The predicted molar refractivity (Wildman–Crippen MR) is 127 cm³/mol. The van der Waals surface area contributed by atoms with Crippen LogP contribution in [0.2, 0.25) is 0 Å². The van der Waals surface area contributed by atoms with Crippen LogP contribution in [-0.2, 0) is 45.3 Å². The minimum Gasteiger partial charge on any atom is -0.469 e. The van der Waals surface area contributed by atoms with Crippen LogP contribution in [0.15, 0.2) is 18.2 Å². The Morgan fingerprint density at radius 3 is 2.24 bits per heavy atom. The Morgan fingerprint density at radius 2 is 1.67 bits per heavy atom. The van der Waals surface area contributed by atoms with E-state index in [-0.39, 0.29) is 24.9 Å². The zero-order valence-electron chi connectivity index (χ0n) is 20.9. The zero-order valence-corrected chi connectivity index (χ0v) is 21.8. The highest BCUT2D eigenvalue weighted by Gasteiger charge is 2.37. The van der Waals surface area contributed by atoms with Gasteiger partial charge < -0.3 is 9.64 Å². The molecule has 1 heterocycles. The van der Waals surface area contributed by atoms with Crippen molar-refractivity contribution in [1.82, 2.24) is 0 Å². The number of amides is 1. The second-order valence-corrected chi connectivity index (χ2v) is 11.7. The van der Waals surface area contributed by atoms with E-state index in [1.165, 1.54) is 7.11 Å². The van der Waals surface area contributed by atoms with Crippen LogP contribution < -0.4 is 4.90 Å². The summed E-state index contributed by atoms with van der Waals surface area (Å²) in [4.78, 5) is 26.0. The van der Waals surface area contributed by atoms with Crippen molar-refractivity contribution >= 4 is 25.4 Å². The second-order valence-electron chi connectivity index (χ2n) is 10.2. The molecular weight excluding hydrogens is 445 g/mol. The van der Waals surface area contributed by atoms with Crippen LogP contribution >= 0.6 is 7.82 Å². The average molecular weight is 484 g/mol. The van der Waals surface area contributed by atoms with Gasteiger partial charge in [0.2, 0.25) is 5.91 Å². The van der Waals surface area contributed by atoms with E-state index in [0.29, 0.717) is 25.8 Å². The minimum atomic E-state index is -3.74. The lowest BCUT2D eigenvalue weighted by atomic mass is 10.1. The summed E-state index contributed by atoms with van der Waals surface area (Å²) in [5, 5.41) is 0. The van der Waals surface area contributed by atoms with Crippen molar-refractivity contribution < 1.29 is 32.5 Å². The third-order valence-corrected chi connectivity index (χ3v) is 6.76. The Balaban J connectivity index is 1.85. The molecule has 0 atom stereocenters. The van der Waals surface area contributed by atoms with E-state index in [1.807, 2.05) is 18.2 Å². The van der Waals surface area contributed by atoms with Gasteiger partial charge in [0, 0.05) is 18.7 Å². The van der Waals surface area contributed by atoms with Crippen LogP contribution in [-0.4, -0.2) is 43.3 Å². The number of ether oxygens (including phenoxy) is 1. The van der Waals surface area contributed by atoms with Crippen molar-refractivity contribution in [2.45, 2.75) is 84.8 Å². The molecule has 0 unspecified atom stereocenters. The smallest absolute Gasteiger partial charge is 0.469 e. The third-order valence-electron chi connectivity index (χ3n) is 4.72. The molecule has 0 aliphatic carbocycles. The first kappa shape index (κ1) is 27.5. The highest BCUT2D eigenvalue weighted by atomic mass is 31.2. The first-order chi connectivity index (χ1) is 15.2. The number of fused-ring (bicyclic) bond motifs is 1. The van der Waals surface area contributed by atoms with Gasteiger partial charge in [0.25, 0.3) is 0 Å². The van der Waals surface area contributed by atoms with Crippen LogP contribution in [0.4, 0.5) is 5.69 Å². The summed E-state index contributed by atoms with van der Waals surface area (Å²) >= 11 is 0. The fourth-order valence-corrected chi connectivity index (χ4v) is 5.33. The molecule has 186 valence electrons. The molecule has 33 heavy (non-hydrogen) atoms. The van der Waals surface area contributed by atoms with Gasteiger partial charge in [-0.05, 0) is 78.0 Å². The molecule has 0 bridgehead atoms. The largest absolute Gasteiger partial charge is 0.475 e. The summed E-state index contributed by atoms with van der Waals surface area (Å²) in [5.41, 5.74) is 1.47. The van der Waals surface area contributed by atoms with E-state index in [2.05, 4.69) is 0 Å². The molecule has 0 radical (unpaired) electrons. The molecule has 1 aliphatic heterocycles. The number of benzene rings is 1. The maximum atomic E-state index is 13.0. The molecular formula is C24H38NO7P. The fourth-order valence-electron chi connectivity index (χ4n) is 3.49. The van der Waals surface area contributed by atoms with Crippen molar-refractivity contribution in [1.29, 1.82) is 0 Å². The molecule has 1 amide bonds. The number of carbonyl (C=O) groups is 2. The first-order valence-electron chi connectivity index (χ1n) is 11.4. The van der Waals surface area contributed by atoms with Gasteiger partial charge in [-0.1, -0.05) is 12.1 Å². The van der Waals surface area contributed by atoms with Gasteiger partial charge >= 0.3 is 13.8 Å². The van der Waals surface area contributed by atoms with E-state index in [4.69, 9.17) is 18.3 Å². The molecule has 0 spiro atoms. The third kappa shape index (κ3) is 9.20.